The summed E-state index contributed by atoms with van der Waals surface area (Å²) in [6.07, 6.45) is 8.14. The predicted octanol–water partition coefficient (Wildman–Crippen LogP) is 4.36. The van der Waals surface area contributed by atoms with Crippen molar-refractivity contribution in [3.63, 3.8) is 0 Å². The van der Waals surface area contributed by atoms with E-state index in [-0.39, 0.29) is 0 Å². The highest BCUT2D eigenvalue weighted by atomic mass is 16.5. The lowest BCUT2D eigenvalue weighted by atomic mass is 9.76. The first kappa shape index (κ1) is 15.4. The Morgan fingerprint density at radius 2 is 1.95 bits per heavy atom. The minimum atomic E-state index is 0.595. The van der Waals surface area contributed by atoms with Crippen molar-refractivity contribution in [2.24, 2.45) is 5.92 Å². The lowest BCUT2D eigenvalue weighted by Crippen LogP contribution is -2.28. The summed E-state index contributed by atoms with van der Waals surface area (Å²) in [6.45, 7) is 4.42. The summed E-state index contributed by atoms with van der Waals surface area (Å²) in [5, 5.41) is 3.63. The number of benzene rings is 1. The zero-order valence-corrected chi connectivity index (χ0v) is 13.0. The Kier molecular flexibility index (Phi) is 6.38. The van der Waals surface area contributed by atoms with Crippen LogP contribution in [0.5, 0.6) is 5.75 Å². The number of rotatable bonds is 7. The average molecular weight is 275 g/mol. The SMILES string of the molecule is CCCNCC(c1ccccc1OC)C1CCCCC1. The second-order valence-electron chi connectivity index (χ2n) is 5.95. The van der Waals surface area contributed by atoms with E-state index in [1.807, 2.05) is 0 Å². The van der Waals surface area contributed by atoms with Gasteiger partial charge in [-0.05, 0) is 43.4 Å². The van der Waals surface area contributed by atoms with E-state index in [1.54, 1.807) is 7.11 Å². The van der Waals surface area contributed by atoms with Crippen molar-refractivity contribution in [3.8, 4) is 5.75 Å². The second-order valence-corrected chi connectivity index (χ2v) is 5.95. The Morgan fingerprint density at radius 3 is 2.65 bits per heavy atom. The van der Waals surface area contributed by atoms with Gasteiger partial charge in [-0.15, -0.1) is 0 Å². The Balaban J connectivity index is 2.15. The molecule has 112 valence electrons. The van der Waals surface area contributed by atoms with Crippen LogP contribution in [0.25, 0.3) is 0 Å². The van der Waals surface area contributed by atoms with Gasteiger partial charge in [0.1, 0.15) is 5.75 Å². The Hall–Kier alpha value is -1.02. The molecule has 1 fully saturated rings. The molecule has 2 rings (SSSR count). The minimum absolute atomic E-state index is 0.595. The van der Waals surface area contributed by atoms with E-state index < -0.39 is 0 Å². The van der Waals surface area contributed by atoms with Gasteiger partial charge in [-0.2, -0.15) is 0 Å². The van der Waals surface area contributed by atoms with Gasteiger partial charge in [0.05, 0.1) is 7.11 Å². The molecule has 0 heterocycles. The van der Waals surface area contributed by atoms with Crippen LogP contribution < -0.4 is 10.1 Å². The zero-order chi connectivity index (χ0) is 14.2. The molecular weight excluding hydrogens is 246 g/mol. The monoisotopic (exact) mass is 275 g/mol. The van der Waals surface area contributed by atoms with Gasteiger partial charge in [0, 0.05) is 12.5 Å². The van der Waals surface area contributed by atoms with Crippen LogP contribution >= 0.6 is 0 Å². The number of para-hydroxylation sites is 1. The van der Waals surface area contributed by atoms with E-state index >= 15 is 0 Å². The normalized spacial score (nSPS) is 17.9. The van der Waals surface area contributed by atoms with Gasteiger partial charge in [-0.25, -0.2) is 0 Å². The van der Waals surface area contributed by atoms with Gasteiger partial charge < -0.3 is 10.1 Å². The van der Waals surface area contributed by atoms with Crippen molar-refractivity contribution >= 4 is 0 Å². The summed E-state index contributed by atoms with van der Waals surface area (Å²) in [7, 11) is 1.79. The van der Waals surface area contributed by atoms with Gasteiger partial charge in [-0.3, -0.25) is 0 Å². The minimum Gasteiger partial charge on any atom is -0.496 e. The highest BCUT2D eigenvalue weighted by Gasteiger charge is 2.26. The van der Waals surface area contributed by atoms with Crippen molar-refractivity contribution in [1.82, 2.24) is 5.32 Å². The molecule has 0 radical (unpaired) electrons. The van der Waals surface area contributed by atoms with Crippen molar-refractivity contribution in [1.29, 1.82) is 0 Å². The van der Waals surface area contributed by atoms with Crippen molar-refractivity contribution in [2.75, 3.05) is 20.2 Å². The second kappa shape index (κ2) is 8.31. The molecule has 1 N–H and O–H groups in total. The lowest BCUT2D eigenvalue weighted by molar-refractivity contribution is 0.290. The molecule has 1 aliphatic rings. The first-order valence-electron chi connectivity index (χ1n) is 8.20. The molecule has 1 aromatic carbocycles. The summed E-state index contributed by atoms with van der Waals surface area (Å²) in [4.78, 5) is 0. The molecule has 0 spiro atoms. The van der Waals surface area contributed by atoms with E-state index in [1.165, 1.54) is 44.1 Å². The molecule has 2 nitrogen and oxygen atoms in total. The molecule has 1 atom stereocenters. The molecule has 0 aromatic heterocycles. The maximum absolute atomic E-state index is 5.60. The Labute approximate surface area is 123 Å². The van der Waals surface area contributed by atoms with Crippen molar-refractivity contribution in [2.45, 2.75) is 51.4 Å². The fraction of sp³-hybridized carbons (Fsp3) is 0.667. The van der Waals surface area contributed by atoms with Crippen LogP contribution in [-0.2, 0) is 0 Å². The molecule has 1 aliphatic carbocycles. The maximum atomic E-state index is 5.60. The van der Waals surface area contributed by atoms with Crippen molar-refractivity contribution in [3.05, 3.63) is 29.8 Å². The zero-order valence-electron chi connectivity index (χ0n) is 13.0. The molecule has 0 amide bonds. The molecule has 0 saturated heterocycles. The third kappa shape index (κ3) is 3.99. The molecule has 2 heteroatoms. The van der Waals surface area contributed by atoms with Crippen LogP contribution in [0.3, 0.4) is 0 Å². The van der Waals surface area contributed by atoms with Gasteiger partial charge >= 0.3 is 0 Å². The number of hydrogen-bond acceptors (Lipinski definition) is 2. The van der Waals surface area contributed by atoms with Crippen LogP contribution in [0.15, 0.2) is 24.3 Å². The van der Waals surface area contributed by atoms with Gasteiger partial charge in [0.25, 0.3) is 0 Å². The molecule has 0 aliphatic heterocycles. The van der Waals surface area contributed by atoms with Crippen LogP contribution in [0.1, 0.15) is 56.9 Å². The van der Waals surface area contributed by atoms with Crippen LogP contribution in [-0.4, -0.2) is 20.2 Å². The first-order valence-corrected chi connectivity index (χ1v) is 8.20. The summed E-state index contributed by atoms with van der Waals surface area (Å²) in [5.74, 6) is 2.46. The molecule has 1 saturated carbocycles. The Morgan fingerprint density at radius 1 is 1.20 bits per heavy atom. The molecule has 0 bridgehead atoms. The summed E-state index contributed by atoms with van der Waals surface area (Å²) >= 11 is 0. The van der Waals surface area contributed by atoms with Crippen LogP contribution in [0.4, 0.5) is 0 Å². The predicted molar refractivity (Wildman–Crippen MR) is 85.5 cm³/mol. The Bertz CT molecular complexity index is 385. The summed E-state index contributed by atoms with van der Waals surface area (Å²) < 4.78 is 5.60. The summed E-state index contributed by atoms with van der Waals surface area (Å²) in [6, 6.07) is 8.57. The van der Waals surface area contributed by atoms with E-state index in [2.05, 4.69) is 36.5 Å². The van der Waals surface area contributed by atoms with E-state index in [4.69, 9.17) is 4.74 Å². The average Bonchev–Trinajstić information content (AvgIpc) is 2.52. The fourth-order valence-electron chi connectivity index (χ4n) is 3.47. The third-order valence-corrected chi connectivity index (χ3v) is 4.55. The quantitative estimate of drug-likeness (QED) is 0.747. The number of hydrogen-bond donors (Lipinski definition) is 1. The number of nitrogens with one attached hydrogen (secondary N) is 1. The highest BCUT2D eigenvalue weighted by molar-refractivity contribution is 5.37. The lowest BCUT2D eigenvalue weighted by Gasteiger charge is -2.31. The smallest absolute Gasteiger partial charge is 0.122 e. The van der Waals surface area contributed by atoms with E-state index in [9.17, 15) is 0 Å². The fourth-order valence-corrected chi connectivity index (χ4v) is 3.47. The first-order chi connectivity index (χ1) is 9.86. The van der Waals surface area contributed by atoms with E-state index in [0.29, 0.717) is 5.92 Å². The molecule has 1 unspecified atom stereocenters. The van der Waals surface area contributed by atoms with Gasteiger partial charge in [0.2, 0.25) is 0 Å². The standard InChI is InChI=1S/C18H29NO/c1-3-13-19-14-17(15-9-5-4-6-10-15)16-11-7-8-12-18(16)20-2/h7-8,11-12,15,17,19H,3-6,9-10,13-14H2,1-2H3. The van der Waals surface area contributed by atoms with Crippen LogP contribution in [0.2, 0.25) is 0 Å². The van der Waals surface area contributed by atoms with Crippen LogP contribution in [0, 0.1) is 5.92 Å². The maximum Gasteiger partial charge on any atom is 0.122 e. The topological polar surface area (TPSA) is 21.3 Å². The molecular formula is C18H29NO. The molecule has 20 heavy (non-hydrogen) atoms. The van der Waals surface area contributed by atoms with Gasteiger partial charge in [0.15, 0.2) is 0 Å². The van der Waals surface area contributed by atoms with Gasteiger partial charge in [-0.1, -0.05) is 44.4 Å². The van der Waals surface area contributed by atoms with E-state index in [0.717, 1.165) is 24.8 Å². The van der Waals surface area contributed by atoms with Crippen molar-refractivity contribution < 1.29 is 4.74 Å². The largest absolute Gasteiger partial charge is 0.496 e. The molecule has 1 aromatic rings. The third-order valence-electron chi connectivity index (χ3n) is 4.55. The number of methoxy groups -OCH3 is 1. The number of ether oxygens (including phenoxy) is 1. The summed E-state index contributed by atoms with van der Waals surface area (Å²) in [5.41, 5.74) is 1.39. The highest BCUT2D eigenvalue weighted by Crippen LogP contribution is 2.39.